The zero-order chi connectivity index (χ0) is 16.8. The Morgan fingerprint density at radius 2 is 2.43 bits per heavy atom. The zero-order valence-corrected chi connectivity index (χ0v) is 12.4. The normalized spacial score (nSPS) is 20.4. The molecule has 2 unspecified atom stereocenters. The number of nitrogens with two attached hydrogens (primary N) is 2. The van der Waals surface area contributed by atoms with Gasteiger partial charge in [0.2, 0.25) is 0 Å². The Kier molecular flexibility index (Phi) is 5.53. The molecule has 1 aliphatic rings. The van der Waals surface area contributed by atoms with Gasteiger partial charge in [0.05, 0.1) is 24.8 Å². The summed E-state index contributed by atoms with van der Waals surface area (Å²) in [4.78, 5) is 15.7. The Bertz CT molecular complexity index is 691. The van der Waals surface area contributed by atoms with Crippen LogP contribution in [0.4, 0.5) is 5.82 Å². The van der Waals surface area contributed by atoms with Gasteiger partial charge in [-0.25, -0.2) is 4.79 Å². The minimum absolute atomic E-state index is 0.0176. The lowest BCUT2D eigenvalue weighted by molar-refractivity contribution is -0.0967. The van der Waals surface area contributed by atoms with E-state index in [0.717, 1.165) is 0 Å². The minimum atomic E-state index is -0.600. The highest BCUT2D eigenvalue weighted by molar-refractivity contribution is 5.74. The number of hydrogen-bond acceptors (Lipinski definition) is 7. The fourth-order valence-corrected chi connectivity index (χ4v) is 2.02. The summed E-state index contributed by atoms with van der Waals surface area (Å²) in [5.74, 6) is 5.32. The van der Waals surface area contributed by atoms with Crippen LogP contribution in [0.5, 0.6) is 0 Å². The molecular weight excluding hydrogens is 302 g/mol. The number of ether oxygens (including phenoxy) is 1. The number of aliphatic hydroxyl groups is 1. The fraction of sp³-hybridized carbons (Fsp3) is 0.462. The van der Waals surface area contributed by atoms with E-state index in [0.29, 0.717) is 18.7 Å². The van der Waals surface area contributed by atoms with Crippen LogP contribution in [0.1, 0.15) is 11.8 Å². The minimum Gasteiger partial charge on any atom is -0.394 e. The number of anilines is 1. The summed E-state index contributed by atoms with van der Waals surface area (Å²) in [7, 11) is 0. The van der Waals surface area contributed by atoms with E-state index in [4.69, 9.17) is 26.7 Å². The van der Waals surface area contributed by atoms with Crippen molar-refractivity contribution in [1.29, 1.82) is 5.41 Å². The van der Waals surface area contributed by atoms with E-state index in [-0.39, 0.29) is 24.9 Å². The fourth-order valence-electron chi connectivity index (χ4n) is 2.02. The van der Waals surface area contributed by atoms with Crippen LogP contribution in [0.15, 0.2) is 11.0 Å². The van der Waals surface area contributed by atoms with E-state index in [1.54, 1.807) is 0 Å². The van der Waals surface area contributed by atoms with Gasteiger partial charge in [-0.2, -0.15) is 4.98 Å². The molecule has 8 N–H and O–H groups in total. The van der Waals surface area contributed by atoms with Crippen LogP contribution in [0, 0.1) is 17.3 Å². The summed E-state index contributed by atoms with van der Waals surface area (Å²) < 4.78 is 6.90. The first-order valence-electron chi connectivity index (χ1n) is 6.93. The molecule has 0 aliphatic carbocycles. The highest BCUT2D eigenvalue weighted by atomic mass is 16.5. The number of aromatic nitrogens is 2. The van der Waals surface area contributed by atoms with Crippen molar-refractivity contribution >= 4 is 11.8 Å². The number of rotatable bonds is 3. The molecule has 2 atom stereocenters. The number of aliphatic hydroxyl groups excluding tert-OH is 1. The molecule has 0 spiro atoms. The Labute approximate surface area is 132 Å². The van der Waals surface area contributed by atoms with Crippen LogP contribution in [0.2, 0.25) is 0 Å². The van der Waals surface area contributed by atoms with Crippen LogP contribution in [0.3, 0.4) is 0 Å². The van der Waals surface area contributed by atoms with Crippen LogP contribution in [-0.4, -0.2) is 53.0 Å². The second kappa shape index (κ2) is 7.59. The summed E-state index contributed by atoms with van der Waals surface area (Å²) in [6.07, 6.45) is 0.474. The Morgan fingerprint density at radius 1 is 1.65 bits per heavy atom. The van der Waals surface area contributed by atoms with Crippen LogP contribution in [-0.2, 0) is 4.74 Å². The van der Waals surface area contributed by atoms with Crippen molar-refractivity contribution in [3.63, 3.8) is 0 Å². The molecule has 2 heterocycles. The molecule has 10 nitrogen and oxygen atoms in total. The molecule has 0 radical (unpaired) electrons. The molecule has 1 fully saturated rings. The molecule has 0 saturated carbocycles. The maximum absolute atomic E-state index is 12.0. The molecule has 1 aromatic rings. The Hall–Kier alpha value is -2.61. The van der Waals surface area contributed by atoms with Crippen LogP contribution < -0.4 is 27.8 Å². The second-order valence-corrected chi connectivity index (χ2v) is 4.85. The summed E-state index contributed by atoms with van der Waals surface area (Å²) in [5, 5.41) is 21.8. The van der Waals surface area contributed by atoms with Gasteiger partial charge in [0.1, 0.15) is 5.82 Å². The maximum Gasteiger partial charge on any atom is 0.351 e. The third-order valence-electron chi connectivity index (χ3n) is 3.13. The number of hydrogen-bond donors (Lipinski definition) is 6. The van der Waals surface area contributed by atoms with Crippen LogP contribution in [0.25, 0.3) is 0 Å². The Morgan fingerprint density at radius 3 is 3.13 bits per heavy atom. The first-order chi connectivity index (χ1) is 11.0. The first-order valence-corrected chi connectivity index (χ1v) is 6.93. The SMILES string of the molecule is N=C(N)NCC#Cc1cn(C2CNCC(CO)O2)c(=O)nc1N. The van der Waals surface area contributed by atoms with Gasteiger partial charge in [-0.3, -0.25) is 9.98 Å². The van der Waals surface area contributed by atoms with Gasteiger partial charge in [0.25, 0.3) is 0 Å². The van der Waals surface area contributed by atoms with Crippen molar-refractivity contribution in [2.24, 2.45) is 5.73 Å². The number of nitrogens with one attached hydrogen (secondary N) is 3. The largest absolute Gasteiger partial charge is 0.394 e. The van der Waals surface area contributed by atoms with E-state index in [1.807, 2.05) is 0 Å². The first kappa shape index (κ1) is 16.8. The van der Waals surface area contributed by atoms with Gasteiger partial charge >= 0.3 is 5.69 Å². The number of nitrogens with zero attached hydrogens (tertiary/aromatic N) is 2. The molecular formula is C13H19N7O3. The molecule has 2 rings (SSSR count). The quantitative estimate of drug-likeness (QED) is 0.196. The lowest BCUT2D eigenvalue weighted by Crippen LogP contribution is -2.46. The molecule has 1 aromatic heterocycles. The molecule has 0 amide bonds. The maximum atomic E-state index is 12.0. The molecule has 23 heavy (non-hydrogen) atoms. The van der Waals surface area contributed by atoms with E-state index < -0.39 is 18.0 Å². The van der Waals surface area contributed by atoms with Crippen molar-refractivity contribution in [2.45, 2.75) is 12.3 Å². The molecule has 10 heteroatoms. The summed E-state index contributed by atoms with van der Waals surface area (Å²) >= 11 is 0. The number of guanidine groups is 1. The predicted octanol–water partition coefficient (Wildman–Crippen LogP) is -2.86. The van der Waals surface area contributed by atoms with E-state index in [1.165, 1.54) is 10.8 Å². The van der Waals surface area contributed by atoms with Gasteiger partial charge in [-0.1, -0.05) is 11.8 Å². The second-order valence-electron chi connectivity index (χ2n) is 4.85. The average molecular weight is 321 g/mol. The third-order valence-corrected chi connectivity index (χ3v) is 3.13. The lowest BCUT2D eigenvalue weighted by Gasteiger charge is -2.30. The topological polar surface area (TPSA) is 164 Å². The van der Waals surface area contributed by atoms with Crippen molar-refractivity contribution in [3.8, 4) is 11.8 Å². The van der Waals surface area contributed by atoms with Crippen LogP contribution >= 0.6 is 0 Å². The van der Waals surface area contributed by atoms with Crippen molar-refractivity contribution in [1.82, 2.24) is 20.2 Å². The van der Waals surface area contributed by atoms with E-state index >= 15 is 0 Å². The smallest absolute Gasteiger partial charge is 0.351 e. The summed E-state index contributed by atoms with van der Waals surface area (Å²) in [6, 6.07) is 0. The van der Waals surface area contributed by atoms with E-state index in [9.17, 15) is 4.79 Å². The lowest BCUT2D eigenvalue weighted by atomic mass is 10.3. The third kappa shape index (κ3) is 4.43. The standard InChI is InChI=1S/C13H19N7O3/c14-11-8(2-1-3-18-12(15)16)6-20(13(22)19-11)10-5-17-4-9(7-21)23-10/h6,9-10,17,21H,3-5,7H2,(H2,14,19,22)(H4,15,16,18). The average Bonchev–Trinajstić information content (AvgIpc) is 2.53. The van der Waals surface area contributed by atoms with E-state index in [2.05, 4.69) is 27.5 Å². The highest BCUT2D eigenvalue weighted by Crippen LogP contribution is 2.14. The monoisotopic (exact) mass is 321 g/mol. The summed E-state index contributed by atoms with van der Waals surface area (Å²) in [6.45, 7) is 0.931. The molecule has 124 valence electrons. The molecule has 0 bridgehead atoms. The van der Waals surface area contributed by atoms with Gasteiger partial charge in [-0.05, 0) is 0 Å². The van der Waals surface area contributed by atoms with Gasteiger partial charge in [-0.15, -0.1) is 0 Å². The van der Waals surface area contributed by atoms with Crippen molar-refractivity contribution in [3.05, 3.63) is 22.2 Å². The van der Waals surface area contributed by atoms with Gasteiger partial charge in [0, 0.05) is 19.3 Å². The van der Waals surface area contributed by atoms with Gasteiger partial charge in [0.15, 0.2) is 12.2 Å². The molecule has 0 aromatic carbocycles. The highest BCUT2D eigenvalue weighted by Gasteiger charge is 2.24. The zero-order valence-electron chi connectivity index (χ0n) is 12.4. The molecule has 1 saturated heterocycles. The van der Waals surface area contributed by atoms with Gasteiger partial charge < -0.3 is 31.9 Å². The number of morpholine rings is 1. The van der Waals surface area contributed by atoms with Crippen molar-refractivity contribution in [2.75, 3.05) is 32.0 Å². The number of nitrogen functional groups attached to an aromatic ring is 1. The predicted molar refractivity (Wildman–Crippen MR) is 83.6 cm³/mol. The summed E-state index contributed by atoms with van der Waals surface area (Å²) in [5.41, 5.74) is 10.7. The van der Waals surface area contributed by atoms with Crippen molar-refractivity contribution < 1.29 is 9.84 Å². The Balaban J connectivity index is 2.22. The molecule has 1 aliphatic heterocycles.